The van der Waals surface area contributed by atoms with Gasteiger partial charge in [-0.05, 0) is 51.3 Å². The van der Waals surface area contributed by atoms with E-state index in [0.717, 1.165) is 5.56 Å². The molecule has 102 valence electrons. The molecule has 3 unspecified atom stereocenters. The zero-order valence-corrected chi connectivity index (χ0v) is 12.1. The zero-order chi connectivity index (χ0) is 13.8. The van der Waals surface area contributed by atoms with E-state index in [-0.39, 0.29) is 6.04 Å². The van der Waals surface area contributed by atoms with Gasteiger partial charge < -0.3 is 0 Å². The molecule has 1 fully saturated rings. The Bertz CT molecular complexity index is 436. The summed E-state index contributed by atoms with van der Waals surface area (Å²) in [6, 6.07) is 11.5. The van der Waals surface area contributed by atoms with Crippen LogP contribution in [0.5, 0.6) is 0 Å². The molecule has 0 amide bonds. The summed E-state index contributed by atoms with van der Waals surface area (Å²) in [6.07, 6.45) is 3.85. The number of piperidine rings is 1. The van der Waals surface area contributed by atoms with Gasteiger partial charge in [0.1, 0.15) is 0 Å². The summed E-state index contributed by atoms with van der Waals surface area (Å²) in [4.78, 5) is 0. The van der Waals surface area contributed by atoms with Crippen molar-refractivity contribution in [3.63, 3.8) is 0 Å². The second kappa shape index (κ2) is 6.18. The van der Waals surface area contributed by atoms with Gasteiger partial charge in [0, 0.05) is 18.1 Å². The first-order valence-electron chi connectivity index (χ1n) is 7.16. The third-order valence-electron chi connectivity index (χ3n) is 4.08. The Morgan fingerprint density at radius 2 is 1.79 bits per heavy atom. The Hall–Kier alpha value is -1.37. The van der Waals surface area contributed by atoms with Gasteiger partial charge in [-0.1, -0.05) is 18.6 Å². The summed E-state index contributed by atoms with van der Waals surface area (Å²) in [6.45, 7) is 6.75. The summed E-state index contributed by atoms with van der Waals surface area (Å²) in [5.74, 6) is 0. The molecular formula is C16H23N3. The molecule has 0 aliphatic carbocycles. The Morgan fingerprint density at radius 1 is 1.21 bits per heavy atom. The largest absolute Gasteiger partial charge is 0.247 e. The zero-order valence-electron chi connectivity index (χ0n) is 12.1. The Morgan fingerprint density at radius 3 is 2.32 bits per heavy atom. The van der Waals surface area contributed by atoms with Crippen molar-refractivity contribution in [2.24, 2.45) is 0 Å². The van der Waals surface area contributed by atoms with E-state index < -0.39 is 0 Å². The highest BCUT2D eigenvalue weighted by atomic mass is 15.5. The van der Waals surface area contributed by atoms with Crippen molar-refractivity contribution in [1.29, 1.82) is 5.26 Å². The maximum Gasteiger partial charge on any atom is 0.0991 e. The number of nitriles is 1. The van der Waals surface area contributed by atoms with Crippen LogP contribution in [-0.2, 0) is 0 Å². The van der Waals surface area contributed by atoms with Crippen LogP contribution in [0.1, 0.15) is 57.2 Å². The molecule has 3 nitrogen and oxygen atoms in total. The maximum absolute atomic E-state index is 8.82. The molecule has 2 rings (SSSR count). The Labute approximate surface area is 116 Å². The van der Waals surface area contributed by atoms with Crippen LogP contribution in [0.25, 0.3) is 0 Å². The molecular weight excluding hydrogens is 234 g/mol. The smallest absolute Gasteiger partial charge is 0.0991 e. The molecule has 0 bridgehead atoms. The molecule has 19 heavy (non-hydrogen) atoms. The number of hydrazine groups is 1. The molecule has 1 aliphatic rings. The standard InChI is InChI=1S/C16H23N3/c1-12-5-4-6-13(2)19(12)18-14(3)16-9-7-15(11-17)8-10-16/h7-10,12-14,18H,4-6H2,1-3H3. The predicted molar refractivity (Wildman–Crippen MR) is 77.3 cm³/mol. The molecule has 1 aromatic rings. The predicted octanol–water partition coefficient (Wildman–Crippen LogP) is 3.39. The van der Waals surface area contributed by atoms with Gasteiger partial charge in [0.05, 0.1) is 11.6 Å². The molecule has 3 heteroatoms. The molecule has 1 saturated heterocycles. The third-order valence-corrected chi connectivity index (χ3v) is 4.08. The van der Waals surface area contributed by atoms with Crippen molar-refractivity contribution >= 4 is 0 Å². The lowest BCUT2D eigenvalue weighted by atomic mass is 9.99. The van der Waals surface area contributed by atoms with Gasteiger partial charge in [-0.2, -0.15) is 5.26 Å². The van der Waals surface area contributed by atoms with E-state index >= 15 is 0 Å². The van der Waals surface area contributed by atoms with Crippen LogP contribution in [0.15, 0.2) is 24.3 Å². The minimum absolute atomic E-state index is 0.274. The van der Waals surface area contributed by atoms with Crippen LogP contribution >= 0.6 is 0 Å². The first-order valence-corrected chi connectivity index (χ1v) is 7.16. The summed E-state index contributed by atoms with van der Waals surface area (Å²) >= 11 is 0. The van der Waals surface area contributed by atoms with E-state index in [4.69, 9.17) is 5.26 Å². The molecule has 0 saturated carbocycles. The normalized spacial score (nSPS) is 25.8. The average molecular weight is 257 g/mol. The van der Waals surface area contributed by atoms with Crippen LogP contribution in [0, 0.1) is 11.3 Å². The minimum atomic E-state index is 0.274. The van der Waals surface area contributed by atoms with Crippen molar-refractivity contribution in [2.45, 2.75) is 58.2 Å². The number of hydrogen-bond donors (Lipinski definition) is 1. The topological polar surface area (TPSA) is 39.1 Å². The molecule has 3 atom stereocenters. The van der Waals surface area contributed by atoms with E-state index in [2.05, 4.69) is 37.3 Å². The van der Waals surface area contributed by atoms with Gasteiger partial charge in [0.25, 0.3) is 0 Å². The summed E-state index contributed by atoms with van der Waals surface area (Å²) in [7, 11) is 0. The molecule has 0 spiro atoms. The highest BCUT2D eigenvalue weighted by Gasteiger charge is 2.25. The van der Waals surface area contributed by atoms with E-state index in [9.17, 15) is 0 Å². The van der Waals surface area contributed by atoms with Crippen molar-refractivity contribution < 1.29 is 0 Å². The Kier molecular flexibility index (Phi) is 4.57. The van der Waals surface area contributed by atoms with Crippen LogP contribution in [0.4, 0.5) is 0 Å². The SMILES string of the molecule is CC(NN1C(C)CCCC1C)c1ccc(C#N)cc1. The summed E-state index contributed by atoms with van der Waals surface area (Å²) in [5, 5.41) is 11.2. The molecule has 0 aromatic heterocycles. The van der Waals surface area contributed by atoms with E-state index in [0.29, 0.717) is 12.1 Å². The Balaban J connectivity index is 2.03. The van der Waals surface area contributed by atoms with Gasteiger partial charge in [0.15, 0.2) is 0 Å². The first kappa shape index (κ1) is 14.0. The molecule has 1 aromatic carbocycles. The number of nitrogens with zero attached hydrogens (tertiary/aromatic N) is 2. The number of nitrogens with one attached hydrogen (secondary N) is 1. The van der Waals surface area contributed by atoms with Crippen LogP contribution in [0.2, 0.25) is 0 Å². The lowest BCUT2D eigenvalue weighted by Gasteiger charge is -2.41. The lowest BCUT2D eigenvalue weighted by Crippen LogP contribution is -2.52. The van der Waals surface area contributed by atoms with Crippen LogP contribution < -0.4 is 5.43 Å². The van der Waals surface area contributed by atoms with Gasteiger partial charge in [0.2, 0.25) is 0 Å². The van der Waals surface area contributed by atoms with Crippen molar-refractivity contribution in [3.8, 4) is 6.07 Å². The third kappa shape index (κ3) is 3.34. The quantitative estimate of drug-likeness (QED) is 0.902. The van der Waals surface area contributed by atoms with Crippen molar-refractivity contribution in [2.75, 3.05) is 0 Å². The average Bonchev–Trinajstić information content (AvgIpc) is 2.43. The fraction of sp³-hybridized carbons (Fsp3) is 0.562. The maximum atomic E-state index is 8.82. The lowest BCUT2D eigenvalue weighted by molar-refractivity contribution is 0.0320. The fourth-order valence-electron chi connectivity index (χ4n) is 2.82. The monoisotopic (exact) mass is 257 g/mol. The number of benzene rings is 1. The first-order chi connectivity index (χ1) is 9.11. The number of rotatable bonds is 3. The number of hydrogen-bond acceptors (Lipinski definition) is 3. The second-order valence-corrected chi connectivity index (χ2v) is 5.62. The highest BCUT2D eigenvalue weighted by Crippen LogP contribution is 2.23. The summed E-state index contributed by atoms with van der Waals surface area (Å²) in [5.41, 5.74) is 5.57. The van der Waals surface area contributed by atoms with Crippen molar-refractivity contribution in [3.05, 3.63) is 35.4 Å². The molecule has 0 radical (unpaired) electrons. The molecule has 1 aliphatic heterocycles. The van der Waals surface area contributed by atoms with Gasteiger partial charge >= 0.3 is 0 Å². The molecule has 1 heterocycles. The van der Waals surface area contributed by atoms with Gasteiger partial charge in [-0.3, -0.25) is 0 Å². The van der Waals surface area contributed by atoms with E-state index in [1.807, 2.05) is 24.3 Å². The van der Waals surface area contributed by atoms with Crippen LogP contribution in [0.3, 0.4) is 0 Å². The van der Waals surface area contributed by atoms with Gasteiger partial charge in [-0.25, -0.2) is 10.4 Å². The highest BCUT2D eigenvalue weighted by molar-refractivity contribution is 5.32. The fourth-order valence-corrected chi connectivity index (χ4v) is 2.82. The van der Waals surface area contributed by atoms with Crippen LogP contribution in [-0.4, -0.2) is 17.1 Å². The minimum Gasteiger partial charge on any atom is -0.247 e. The van der Waals surface area contributed by atoms with Crippen molar-refractivity contribution in [1.82, 2.24) is 10.4 Å². The van der Waals surface area contributed by atoms with E-state index in [1.165, 1.54) is 24.8 Å². The van der Waals surface area contributed by atoms with E-state index in [1.54, 1.807) is 0 Å². The summed E-state index contributed by atoms with van der Waals surface area (Å²) < 4.78 is 0. The second-order valence-electron chi connectivity index (χ2n) is 5.62. The molecule has 1 N–H and O–H groups in total. The van der Waals surface area contributed by atoms with Gasteiger partial charge in [-0.15, -0.1) is 0 Å².